The summed E-state index contributed by atoms with van der Waals surface area (Å²) >= 11 is 9.32. The number of ether oxygens (including phenoxy) is 1. The van der Waals surface area contributed by atoms with E-state index in [1.165, 1.54) is 13.2 Å². The quantitative estimate of drug-likeness (QED) is 0.849. The topological polar surface area (TPSA) is 55.4 Å². The van der Waals surface area contributed by atoms with E-state index in [-0.39, 0.29) is 11.4 Å². The van der Waals surface area contributed by atoms with Gasteiger partial charge < -0.3 is 4.74 Å². The highest BCUT2D eigenvalue weighted by atomic mass is 79.9. The zero-order valence-electron chi connectivity index (χ0n) is 11.1. The van der Waals surface area contributed by atoms with Crippen molar-refractivity contribution < 1.29 is 13.2 Å². The number of hydrogen-bond donors (Lipinski definition) is 1. The molecule has 0 aliphatic rings. The van der Waals surface area contributed by atoms with Crippen LogP contribution in [0.4, 0.5) is 0 Å². The average molecular weight is 391 g/mol. The molecule has 0 amide bonds. The summed E-state index contributed by atoms with van der Waals surface area (Å²) < 4.78 is 32.8. The second-order valence-corrected chi connectivity index (χ2v) is 7.17. The van der Waals surface area contributed by atoms with Crippen molar-refractivity contribution >= 4 is 37.6 Å². The molecule has 112 valence electrons. The molecule has 7 heteroatoms. The predicted molar refractivity (Wildman–Crippen MR) is 86.2 cm³/mol. The Morgan fingerprint density at radius 2 is 1.90 bits per heavy atom. The summed E-state index contributed by atoms with van der Waals surface area (Å²) in [5, 5.41) is 0.448. The molecule has 2 aromatic carbocycles. The van der Waals surface area contributed by atoms with Crippen LogP contribution in [0, 0.1) is 0 Å². The smallest absolute Gasteiger partial charge is 0.241 e. The summed E-state index contributed by atoms with van der Waals surface area (Å²) in [6.07, 6.45) is 0. The van der Waals surface area contributed by atoms with Crippen LogP contribution in [-0.2, 0) is 16.6 Å². The summed E-state index contributed by atoms with van der Waals surface area (Å²) in [5.41, 5.74) is 0.595. The number of benzene rings is 2. The molecule has 0 atom stereocenters. The molecule has 0 unspecified atom stereocenters. The van der Waals surface area contributed by atoms with Crippen molar-refractivity contribution in [1.29, 1.82) is 0 Å². The molecule has 0 radical (unpaired) electrons. The largest absolute Gasteiger partial charge is 0.496 e. The van der Waals surface area contributed by atoms with Crippen LogP contribution in [0.15, 0.2) is 51.8 Å². The van der Waals surface area contributed by atoms with Crippen molar-refractivity contribution in [3.8, 4) is 5.75 Å². The Kier molecular flexibility index (Phi) is 5.27. The minimum atomic E-state index is -3.64. The van der Waals surface area contributed by atoms with E-state index < -0.39 is 10.0 Å². The lowest BCUT2D eigenvalue weighted by molar-refractivity contribution is 0.409. The van der Waals surface area contributed by atoms with Crippen LogP contribution < -0.4 is 9.46 Å². The van der Waals surface area contributed by atoms with Crippen molar-refractivity contribution in [3.63, 3.8) is 0 Å². The summed E-state index contributed by atoms with van der Waals surface area (Å²) in [7, 11) is -2.13. The molecule has 4 nitrogen and oxygen atoms in total. The standard InChI is InChI=1S/C14H13BrClNO3S/c1-20-13-7-4-6-12(16)10(13)9-17-21(18,19)14-8-3-2-5-11(14)15/h2-8,17H,9H2,1H3. The molecule has 21 heavy (non-hydrogen) atoms. The maximum atomic E-state index is 12.3. The van der Waals surface area contributed by atoms with Gasteiger partial charge in [0.1, 0.15) is 5.75 Å². The van der Waals surface area contributed by atoms with Gasteiger partial charge in [-0.2, -0.15) is 0 Å². The molecular formula is C14H13BrClNO3S. The van der Waals surface area contributed by atoms with Crippen LogP contribution in [0.2, 0.25) is 5.02 Å². The number of nitrogens with one attached hydrogen (secondary N) is 1. The number of sulfonamides is 1. The molecular weight excluding hydrogens is 378 g/mol. The molecule has 0 aromatic heterocycles. The molecule has 2 aromatic rings. The first-order valence-electron chi connectivity index (χ1n) is 6.01. The Labute approximate surface area is 137 Å². The van der Waals surface area contributed by atoms with Crippen molar-refractivity contribution in [2.24, 2.45) is 0 Å². The fraction of sp³-hybridized carbons (Fsp3) is 0.143. The third-order valence-electron chi connectivity index (χ3n) is 2.86. The van der Waals surface area contributed by atoms with Crippen LogP contribution in [0.25, 0.3) is 0 Å². The van der Waals surface area contributed by atoms with Gasteiger partial charge in [-0.15, -0.1) is 0 Å². The lowest BCUT2D eigenvalue weighted by Gasteiger charge is -2.12. The van der Waals surface area contributed by atoms with Crippen LogP contribution in [0.5, 0.6) is 5.75 Å². The minimum absolute atomic E-state index is 0.0481. The van der Waals surface area contributed by atoms with Crippen LogP contribution >= 0.6 is 27.5 Å². The van der Waals surface area contributed by atoms with E-state index in [1.807, 2.05) is 0 Å². The number of rotatable bonds is 5. The van der Waals surface area contributed by atoms with Crippen LogP contribution in [0.3, 0.4) is 0 Å². The zero-order valence-corrected chi connectivity index (χ0v) is 14.3. The van der Waals surface area contributed by atoms with Gasteiger partial charge in [0, 0.05) is 21.6 Å². The minimum Gasteiger partial charge on any atom is -0.496 e. The highest BCUT2D eigenvalue weighted by Crippen LogP contribution is 2.27. The highest BCUT2D eigenvalue weighted by molar-refractivity contribution is 9.10. The maximum absolute atomic E-state index is 12.3. The third kappa shape index (κ3) is 3.77. The van der Waals surface area contributed by atoms with Gasteiger partial charge in [-0.05, 0) is 40.2 Å². The molecule has 0 saturated carbocycles. The van der Waals surface area contributed by atoms with Gasteiger partial charge in [0.25, 0.3) is 0 Å². The molecule has 0 fully saturated rings. The Morgan fingerprint density at radius 1 is 1.19 bits per heavy atom. The van der Waals surface area contributed by atoms with Gasteiger partial charge in [0.15, 0.2) is 0 Å². The van der Waals surface area contributed by atoms with Gasteiger partial charge in [-0.1, -0.05) is 29.8 Å². The highest BCUT2D eigenvalue weighted by Gasteiger charge is 2.18. The molecule has 0 spiro atoms. The van der Waals surface area contributed by atoms with E-state index >= 15 is 0 Å². The second kappa shape index (κ2) is 6.79. The van der Waals surface area contributed by atoms with Gasteiger partial charge >= 0.3 is 0 Å². The van der Waals surface area contributed by atoms with Crippen molar-refractivity contribution in [1.82, 2.24) is 4.72 Å². The Morgan fingerprint density at radius 3 is 2.57 bits per heavy atom. The summed E-state index contributed by atoms with van der Waals surface area (Å²) in [6, 6.07) is 11.8. The lowest BCUT2D eigenvalue weighted by atomic mass is 10.2. The molecule has 0 heterocycles. The Hall–Kier alpha value is -1.08. The van der Waals surface area contributed by atoms with E-state index in [2.05, 4.69) is 20.7 Å². The third-order valence-corrected chi connectivity index (χ3v) is 5.63. The van der Waals surface area contributed by atoms with Gasteiger partial charge in [-0.3, -0.25) is 0 Å². The van der Waals surface area contributed by atoms with Crippen molar-refractivity contribution in [2.75, 3.05) is 7.11 Å². The van der Waals surface area contributed by atoms with Crippen molar-refractivity contribution in [2.45, 2.75) is 11.4 Å². The Balaban J connectivity index is 2.26. The van der Waals surface area contributed by atoms with Crippen LogP contribution in [-0.4, -0.2) is 15.5 Å². The van der Waals surface area contributed by atoms with E-state index in [9.17, 15) is 8.42 Å². The molecule has 0 bridgehead atoms. The van der Waals surface area contributed by atoms with Gasteiger partial charge in [0.05, 0.1) is 12.0 Å². The van der Waals surface area contributed by atoms with Crippen LogP contribution in [0.1, 0.15) is 5.56 Å². The number of hydrogen-bond acceptors (Lipinski definition) is 3. The van der Waals surface area contributed by atoms with E-state index in [4.69, 9.17) is 16.3 Å². The van der Waals surface area contributed by atoms with Crippen molar-refractivity contribution in [3.05, 3.63) is 57.5 Å². The summed E-state index contributed by atoms with van der Waals surface area (Å²) in [5.74, 6) is 0.539. The first-order chi connectivity index (χ1) is 9.95. The maximum Gasteiger partial charge on any atom is 0.241 e. The summed E-state index contributed by atoms with van der Waals surface area (Å²) in [6.45, 7) is 0.0481. The first kappa shape index (κ1) is 16.3. The molecule has 0 saturated heterocycles. The van der Waals surface area contributed by atoms with E-state index in [1.54, 1.807) is 36.4 Å². The van der Waals surface area contributed by atoms with E-state index in [0.29, 0.717) is 20.8 Å². The van der Waals surface area contributed by atoms with E-state index in [0.717, 1.165) is 0 Å². The SMILES string of the molecule is COc1cccc(Cl)c1CNS(=O)(=O)c1ccccc1Br. The molecule has 1 N–H and O–H groups in total. The molecule has 0 aliphatic heterocycles. The first-order valence-corrected chi connectivity index (χ1v) is 8.66. The zero-order chi connectivity index (χ0) is 15.5. The lowest BCUT2D eigenvalue weighted by Crippen LogP contribution is -2.24. The predicted octanol–water partition coefficient (Wildman–Crippen LogP) is 3.59. The average Bonchev–Trinajstić information content (AvgIpc) is 2.46. The second-order valence-electron chi connectivity index (χ2n) is 4.18. The van der Waals surface area contributed by atoms with Gasteiger partial charge in [0.2, 0.25) is 10.0 Å². The fourth-order valence-corrected chi connectivity index (χ4v) is 4.04. The number of halogens is 2. The normalized spacial score (nSPS) is 11.4. The molecule has 2 rings (SSSR count). The van der Waals surface area contributed by atoms with Gasteiger partial charge in [-0.25, -0.2) is 13.1 Å². The fourth-order valence-electron chi connectivity index (χ4n) is 1.81. The number of methoxy groups -OCH3 is 1. The monoisotopic (exact) mass is 389 g/mol. The summed E-state index contributed by atoms with van der Waals surface area (Å²) in [4.78, 5) is 0.177. The molecule has 0 aliphatic carbocycles. The Bertz CT molecular complexity index is 750.